The van der Waals surface area contributed by atoms with Gasteiger partial charge in [-0.15, -0.1) is 0 Å². The number of aryl methyl sites for hydroxylation is 2. The molecule has 1 aromatic heterocycles. The lowest BCUT2D eigenvalue weighted by molar-refractivity contribution is 0.0903. The number of benzene rings is 2. The molecule has 2 aromatic carbocycles. The third-order valence-electron chi connectivity index (χ3n) is 3.80. The molecule has 0 aliphatic heterocycles. The van der Waals surface area contributed by atoms with E-state index < -0.39 is 0 Å². The van der Waals surface area contributed by atoms with Gasteiger partial charge in [0.2, 0.25) is 5.91 Å². The minimum atomic E-state index is -0.335. The molecule has 5 heteroatoms. The van der Waals surface area contributed by atoms with Gasteiger partial charge in [0.1, 0.15) is 0 Å². The number of carbonyl (C=O) groups excluding carboxylic acids is 1. The summed E-state index contributed by atoms with van der Waals surface area (Å²) in [5.74, 6) is -0.218. The molecule has 0 aliphatic carbocycles. The normalized spacial score (nSPS) is 11.0. The molecule has 0 bridgehead atoms. The fraction of sp³-hybridized carbons (Fsp3) is 0.176. The van der Waals surface area contributed by atoms with E-state index in [0.29, 0.717) is 23.1 Å². The van der Waals surface area contributed by atoms with Crippen molar-refractivity contribution in [3.05, 3.63) is 64.6 Å². The smallest absolute Gasteiger partial charge is 0.335 e. The Morgan fingerprint density at radius 2 is 1.82 bits per heavy atom. The van der Waals surface area contributed by atoms with E-state index in [-0.39, 0.29) is 18.0 Å². The average Bonchev–Trinajstić information content (AvgIpc) is 2.77. The summed E-state index contributed by atoms with van der Waals surface area (Å²) in [6.45, 7) is 0. The maximum absolute atomic E-state index is 12.5. The number of nitrogens with zero attached hydrogens (tertiary/aromatic N) is 2. The van der Waals surface area contributed by atoms with Crippen LogP contribution in [-0.2, 0) is 13.5 Å². The van der Waals surface area contributed by atoms with Crippen LogP contribution in [-0.4, -0.2) is 15.0 Å². The fourth-order valence-electron chi connectivity index (χ4n) is 2.61. The van der Waals surface area contributed by atoms with Crippen LogP contribution in [0.1, 0.15) is 16.8 Å². The topological polar surface area (TPSA) is 70.0 Å². The van der Waals surface area contributed by atoms with Crippen LogP contribution >= 0.6 is 0 Å². The highest BCUT2D eigenvalue weighted by atomic mass is 16.2. The van der Waals surface area contributed by atoms with Gasteiger partial charge in [-0.1, -0.05) is 30.3 Å². The summed E-state index contributed by atoms with van der Waals surface area (Å²) in [6.07, 6.45) is 0.878. The van der Waals surface area contributed by atoms with E-state index >= 15 is 0 Å². The summed E-state index contributed by atoms with van der Waals surface area (Å²) in [7, 11) is 1.65. The maximum Gasteiger partial charge on any atom is 0.335 e. The molecule has 0 spiro atoms. The number of fused-ring (bicyclic) bond motifs is 1. The van der Waals surface area contributed by atoms with Crippen molar-refractivity contribution in [3.63, 3.8) is 0 Å². The molecule has 1 heterocycles. The number of nitrogens with two attached hydrogens (primary N) is 1. The molecule has 0 aliphatic rings. The highest BCUT2D eigenvalue weighted by molar-refractivity contribution is 5.91. The molecule has 0 fully saturated rings. The van der Waals surface area contributed by atoms with Crippen LogP contribution in [0.5, 0.6) is 0 Å². The minimum Gasteiger partial charge on any atom is -0.399 e. The van der Waals surface area contributed by atoms with Gasteiger partial charge in [-0.25, -0.2) is 9.36 Å². The Kier molecular flexibility index (Phi) is 3.55. The monoisotopic (exact) mass is 295 g/mol. The van der Waals surface area contributed by atoms with Crippen molar-refractivity contribution in [2.75, 3.05) is 5.73 Å². The van der Waals surface area contributed by atoms with Crippen molar-refractivity contribution in [2.24, 2.45) is 7.05 Å². The Hall–Kier alpha value is -2.82. The van der Waals surface area contributed by atoms with Crippen LogP contribution in [0, 0.1) is 0 Å². The van der Waals surface area contributed by atoms with Crippen molar-refractivity contribution >= 4 is 22.6 Å². The second-order valence-electron chi connectivity index (χ2n) is 5.30. The van der Waals surface area contributed by atoms with Crippen molar-refractivity contribution in [1.29, 1.82) is 0 Å². The number of imidazole rings is 1. The summed E-state index contributed by atoms with van der Waals surface area (Å²) in [6, 6.07) is 14.9. The molecule has 22 heavy (non-hydrogen) atoms. The maximum atomic E-state index is 12.5. The van der Waals surface area contributed by atoms with Gasteiger partial charge in [0.05, 0.1) is 11.0 Å². The lowest BCUT2D eigenvalue weighted by Gasteiger charge is -2.03. The first-order valence-electron chi connectivity index (χ1n) is 7.12. The zero-order valence-electron chi connectivity index (χ0n) is 12.3. The molecule has 0 radical (unpaired) electrons. The number of hydrogen-bond donors (Lipinski definition) is 1. The molecular formula is C17H17N3O2. The predicted octanol–water partition coefficient (Wildman–Crippen LogP) is 2.20. The SMILES string of the molecule is Cn1c(=O)n(C(=O)CCc2ccccc2)c2cc(N)ccc21. The van der Waals surface area contributed by atoms with Gasteiger partial charge in [-0.05, 0) is 30.2 Å². The zero-order chi connectivity index (χ0) is 15.7. The summed E-state index contributed by atoms with van der Waals surface area (Å²) >= 11 is 0. The molecule has 5 nitrogen and oxygen atoms in total. The van der Waals surface area contributed by atoms with E-state index in [1.54, 1.807) is 25.2 Å². The van der Waals surface area contributed by atoms with E-state index in [1.165, 1.54) is 9.13 Å². The number of nitrogen functional groups attached to an aromatic ring is 1. The van der Waals surface area contributed by atoms with Crippen LogP contribution < -0.4 is 11.4 Å². The number of hydrogen-bond acceptors (Lipinski definition) is 3. The number of rotatable bonds is 3. The molecule has 112 valence electrons. The lowest BCUT2D eigenvalue weighted by atomic mass is 10.1. The second kappa shape index (κ2) is 5.52. The van der Waals surface area contributed by atoms with Gasteiger partial charge in [-0.2, -0.15) is 0 Å². The molecule has 3 aromatic rings. The van der Waals surface area contributed by atoms with Gasteiger partial charge < -0.3 is 5.73 Å². The Bertz CT molecular complexity index is 891. The zero-order valence-corrected chi connectivity index (χ0v) is 12.3. The van der Waals surface area contributed by atoms with Crippen LogP contribution in [0.3, 0.4) is 0 Å². The number of carbonyl (C=O) groups is 1. The van der Waals surface area contributed by atoms with Gasteiger partial charge in [-0.3, -0.25) is 9.36 Å². The van der Waals surface area contributed by atoms with Gasteiger partial charge >= 0.3 is 5.69 Å². The first-order valence-corrected chi connectivity index (χ1v) is 7.12. The second-order valence-corrected chi connectivity index (χ2v) is 5.30. The van der Waals surface area contributed by atoms with E-state index in [1.807, 2.05) is 30.3 Å². The third-order valence-corrected chi connectivity index (χ3v) is 3.80. The van der Waals surface area contributed by atoms with Crippen LogP contribution in [0.25, 0.3) is 11.0 Å². The lowest BCUT2D eigenvalue weighted by Crippen LogP contribution is -2.27. The van der Waals surface area contributed by atoms with Crippen LogP contribution in [0.2, 0.25) is 0 Å². The van der Waals surface area contributed by atoms with Crippen LogP contribution in [0.15, 0.2) is 53.3 Å². The standard InChI is InChI=1S/C17H17N3O2/c1-19-14-9-8-13(18)11-15(14)20(17(19)22)16(21)10-7-12-5-3-2-4-6-12/h2-6,8-9,11H,7,10,18H2,1H3. The Labute approximate surface area is 127 Å². The first-order chi connectivity index (χ1) is 10.6. The molecule has 0 unspecified atom stereocenters. The molecule has 0 atom stereocenters. The van der Waals surface area contributed by atoms with E-state index in [0.717, 1.165) is 5.56 Å². The van der Waals surface area contributed by atoms with Crippen molar-refractivity contribution in [1.82, 2.24) is 9.13 Å². The Morgan fingerprint density at radius 3 is 2.55 bits per heavy atom. The average molecular weight is 295 g/mol. The first kappa shape index (κ1) is 14.1. The van der Waals surface area contributed by atoms with Gasteiger partial charge in [0.25, 0.3) is 0 Å². The van der Waals surface area contributed by atoms with Crippen molar-refractivity contribution in [3.8, 4) is 0 Å². The predicted molar refractivity (Wildman–Crippen MR) is 87.0 cm³/mol. The molecule has 0 saturated carbocycles. The van der Waals surface area contributed by atoms with E-state index in [9.17, 15) is 9.59 Å². The largest absolute Gasteiger partial charge is 0.399 e. The summed E-state index contributed by atoms with van der Waals surface area (Å²) in [5.41, 5.74) is 8.31. The van der Waals surface area contributed by atoms with Crippen LogP contribution in [0.4, 0.5) is 5.69 Å². The highest BCUT2D eigenvalue weighted by Gasteiger charge is 2.16. The highest BCUT2D eigenvalue weighted by Crippen LogP contribution is 2.16. The van der Waals surface area contributed by atoms with E-state index in [2.05, 4.69) is 0 Å². The molecule has 2 N–H and O–H groups in total. The summed E-state index contributed by atoms with van der Waals surface area (Å²) in [4.78, 5) is 24.8. The van der Waals surface area contributed by atoms with Crippen molar-refractivity contribution < 1.29 is 4.79 Å². The summed E-state index contributed by atoms with van der Waals surface area (Å²) < 4.78 is 2.68. The van der Waals surface area contributed by atoms with Gasteiger partial charge in [0.15, 0.2) is 0 Å². The van der Waals surface area contributed by atoms with E-state index in [4.69, 9.17) is 5.73 Å². The molecule has 0 amide bonds. The Balaban J connectivity index is 1.95. The summed E-state index contributed by atoms with van der Waals surface area (Å²) in [5, 5.41) is 0. The quantitative estimate of drug-likeness (QED) is 0.753. The Morgan fingerprint density at radius 1 is 1.09 bits per heavy atom. The third kappa shape index (κ3) is 2.41. The van der Waals surface area contributed by atoms with Gasteiger partial charge in [0, 0.05) is 19.2 Å². The minimum absolute atomic E-state index is 0.218. The fourth-order valence-corrected chi connectivity index (χ4v) is 2.61. The molecular weight excluding hydrogens is 278 g/mol. The number of anilines is 1. The number of aromatic nitrogens is 2. The molecule has 0 saturated heterocycles. The van der Waals surface area contributed by atoms with Crippen molar-refractivity contribution in [2.45, 2.75) is 12.8 Å². The molecule has 3 rings (SSSR count).